The Labute approximate surface area is 243 Å². The minimum Gasteiger partial charge on any atom is -0.669 e. The molecule has 1 saturated heterocycles. The van der Waals surface area contributed by atoms with Crippen molar-refractivity contribution in [2.45, 2.75) is 29.9 Å². The van der Waals surface area contributed by atoms with Crippen molar-refractivity contribution >= 4 is 11.6 Å². The zero-order valence-electron chi connectivity index (χ0n) is 8.53. The van der Waals surface area contributed by atoms with Crippen LogP contribution < -0.4 is 0 Å². The predicted octanol–water partition coefficient (Wildman–Crippen LogP) is -0.915. The normalized spacial score (nSPS) is 36.9. The van der Waals surface area contributed by atoms with Gasteiger partial charge in [-0.15, -0.1) is 0 Å². The first-order chi connectivity index (χ1) is 5.57. The summed E-state index contributed by atoms with van der Waals surface area (Å²) in [7, 11) is 0. The van der Waals surface area contributed by atoms with E-state index in [1.54, 1.807) is 0 Å². The Morgan fingerprint density at radius 3 is 1.88 bits per heavy atom. The van der Waals surface area contributed by atoms with Gasteiger partial charge in [-0.2, -0.15) is 0 Å². The van der Waals surface area contributed by atoms with Gasteiger partial charge in [-0.3, -0.25) is 0 Å². The molecule has 0 aromatic carbocycles. The van der Waals surface area contributed by atoms with Crippen LogP contribution in [0.25, 0.3) is 5.73 Å². The minimum atomic E-state index is -1.27. The number of alkyl halides is 1. The summed E-state index contributed by atoms with van der Waals surface area (Å²) in [5.74, 6) is 0. The third-order valence-corrected chi connectivity index (χ3v) is 2.24. The van der Waals surface area contributed by atoms with Crippen LogP contribution in [-0.2, 0) is 4.74 Å². The zero-order chi connectivity index (χ0) is 9.30. The molecule has 4 radical (unpaired) electrons. The molecule has 4 N–H and O–H groups in total. The molecule has 0 saturated carbocycles. The Morgan fingerprint density at radius 1 is 1.06 bits per heavy atom. The van der Waals surface area contributed by atoms with Crippen molar-refractivity contribution in [1.82, 2.24) is 0 Å². The molecule has 0 aromatic heterocycles. The Kier molecular flexibility index (Phi) is 29.3. The first-order valence-electron chi connectivity index (χ1n) is 3.55. The van der Waals surface area contributed by atoms with Gasteiger partial charge >= 0.3 is 0 Å². The number of hydrogen-bond acceptors (Lipinski definition) is 4. The topological polar surface area (TPSA) is 93.7 Å². The maximum atomic E-state index is 9.21. The molecule has 10 heteroatoms. The van der Waals surface area contributed by atoms with Gasteiger partial charge in [0.05, 0.1) is 12.7 Å². The number of ether oxygens (including phenoxy) is 1. The van der Waals surface area contributed by atoms with Crippen molar-refractivity contribution in [2.24, 2.45) is 0 Å². The van der Waals surface area contributed by atoms with Gasteiger partial charge in [-0.1, -0.05) is 17.6 Å². The van der Waals surface area contributed by atoms with Gasteiger partial charge in [-0.25, -0.2) is 0 Å². The summed E-state index contributed by atoms with van der Waals surface area (Å²) in [6.45, 7) is -0.422. The molecular weight excluding hydrogens is 1090 g/mol. The number of halogens is 1. The van der Waals surface area contributed by atoms with Gasteiger partial charge in [0.2, 0.25) is 0 Å². The molecule has 5 atom stereocenters. The smallest absolute Gasteiger partial charge is 0.118 e. The number of nitrogens with one attached hydrogen (secondary N) is 1. The quantitative estimate of drug-likeness (QED) is 0.297. The number of hydrogen-bond donors (Lipinski definition) is 3. The standard InChI is InChI=1S/C6H11ClNO4.4Ac/c7-6-3(8)5(11)4(10)2(1-9)12-6;;;;/h2-6,8-11H,1H2;;;;/q-1;;;;. The molecule has 1 fully saturated rings. The van der Waals surface area contributed by atoms with E-state index in [0.29, 0.717) is 0 Å². The van der Waals surface area contributed by atoms with Crippen LogP contribution in [0.3, 0.4) is 0 Å². The summed E-state index contributed by atoms with van der Waals surface area (Å²) < 4.78 is 4.85. The second-order valence-corrected chi connectivity index (χ2v) is 3.15. The Balaban J connectivity index is -0.000000180. The third-order valence-electron chi connectivity index (χ3n) is 1.87. The minimum absolute atomic E-state index is 0. The van der Waals surface area contributed by atoms with Crippen LogP contribution >= 0.6 is 11.6 Å². The van der Waals surface area contributed by atoms with Gasteiger partial charge in [-0.05, 0) is 0 Å². The molecule has 1 heterocycles. The van der Waals surface area contributed by atoms with Crippen LogP contribution in [0.15, 0.2) is 0 Å². The van der Waals surface area contributed by atoms with Crippen LogP contribution in [0, 0.1) is 176 Å². The first-order valence-corrected chi connectivity index (χ1v) is 3.99. The maximum absolute atomic E-state index is 9.21. The zero-order valence-corrected chi connectivity index (χ0v) is 28.3. The van der Waals surface area contributed by atoms with Gasteiger partial charge < -0.3 is 25.8 Å². The Bertz CT molecular complexity index is 167. The number of rotatable bonds is 1. The second-order valence-electron chi connectivity index (χ2n) is 2.72. The molecule has 5 nitrogen and oxygen atoms in total. The number of aliphatic hydroxyl groups is 3. The number of aliphatic hydroxyl groups excluding tert-OH is 3. The van der Waals surface area contributed by atoms with E-state index in [2.05, 4.69) is 0 Å². The monoisotopic (exact) mass is 1100 g/mol. The third kappa shape index (κ3) is 9.10. The average molecular weight is 1100 g/mol. The van der Waals surface area contributed by atoms with E-state index >= 15 is 0 Å². The maximum Gasteiger partial charge on any atom is 0.118 e. The van der Waals surface area contributed by atoms with Crippen molar-refractivity contribution < 1.29 is 196 Å². The second kappa shape index (κ2) is 15.7. The van der Waals surface area contributed by atoms with Crippen LogP contribution in [-0.4, -0.2) is 51.8 Å². The van der Waals surface area contributed by atoms with Gasteiger partial charge in [0.25, 0.3) is 0 Å². The molecule has 1 aliphatic heterocycles. The molecule has 0 spiro atoms. The van der Waals surface area contributed by atoms with Crippen LogP contribution in [0.5, 0.6) is 0 Å². The molecule has 1 aliphatic rings. The summed E-state index contributed by atoms with van der Waals surface area (Å²) >= 11 is 5.51. The van der Waals surface area contributed by atoms with E-state index in [-0.39, 0.29) is 176 Å². The van der Waals surface area contributed by atoms with Crippen LogP contribution in [0.4, 0.5) is 0 Å². The van der Waals surface area contributed by atoms with Crippen molar-refractivity contribution in [2.75, 3.05) is 6.61 Å². The van der Waals surface area contributed by atoms with Gasteiger partial charge in [0.1, 0.15) is 17.8 Å². The Morgan fingerprint density at radius 2 is 1.50 bits per heavy atom. The van der Waals surface area contributed by atoms with Crippen molar-refractivity contribution in [3.63, 3.8) is 0 Å². The summed E-state index contributed by atoms with van der Waals surface area (Å²) in [6.07, 6.45) is -3.41. The van der Waals surface area contributed by atoms with E-state index < -0.39 is 36.5 Å². The molecule has 84 valence electrons. The van der Waals surface area contributed by atoms with E-state index in [0.717, 1.165) is 0 Å². The van der Waals surface area contributed by atoms with Gasteiger partial charge in [0.15, 0.2) is 0 Å². The molecule has 0 amide bonds. The summed E-state index contributed by atoms with van der Waals surface area (Å²) in [5, 5.41) is 27.1. The summed E-state index contributed by atoms with van der Waals surface area (Å²) in [4.78, 5) is 0. The van der Waals surface area contributed by atoms with Crippen molar-refractivity contribution in [3.8, 4) is 0 Å². The summed E-state index contributed by atoms with van der Waals surface area (Å²) in [6, 6.07) is -1.08. The Hall–Kier alpha value is 5.86. The molecule has 0 bridgehead atoms. The molecule has 0 aliphatic carbocycles. The van der Waals surface area contributed by atoms with Gasteiger partial charge in [0, 0.05) is 176 Å². The van der Waals surface area contributed by atoms with Crippen LogP contribution in [0.1, 0.15) is 0 Å². The van der Waals surface area contributed by atoms with E-state index in [1.807, 2.05) is 0 Å². The fourth-order valence-electron chi connectivity index (χ4n) is 1.07. The largest absolute Gasteiger partial charge is 0.669 e. The van der Waals surface area contributed by atoms with Crippen molar-refractivity contribution in [1.29, 1.82) is 0 Å². The summed E-state index contributed by atoms with van der Waals surface area (Å²) in [5.41, 5.74) is 6.25. The SMILES string of the molecule is [Ac].[Ac].[Ac].[Ac].[NH-]C1C(Cl)OC(CO)C(O)C1O. The molecule has 16 heavy (non-hydrogen) atoms. The average Bonchev–Trinajstić information content (AvgIpc) is 2.08. The predicted molar refractivity (Wildman–Crippen MR) is 41.7 cm³/mol. The fraction of sp³-hybridized carbons (Fsp3) is 1.00. The van der Waals surface area contributed by atoms with Crippen molar-refractivity contribution in [3.05, 3.63) is 5.73 Å². The molecule has 0 aromatic rings. The van der Waals surface area contributed by atoms with E-state index in [4.69, 9.17) is 27.2 Å². The van der Waals surface area contributed by atoms with E-state index in [1.165, 1.54) is 0 Å². The molecule has 1 rings (SSSR count). The fourth-order valence-corrected chi connectivity index (χ4v) is 1.35. The van der Waals surface area contributed by atoms with Crippen LogP contribution in [0.2, 0.25) is 0 Å². The molecular formula is C6H11Ac4ClNO4-. The first kappa shape index (κ1) is 29.8. The molecule has 5 unspecified atom stereocenters. The van der Waals surface area contributed by atoms with E-state index in [9.17, 15) is 10.2 Å².